The Labute approximate surface area is 72.8 Å². The number of nitrogens with zero attached hydrogens (tertiary/aromatic N) is 1. The SMILES string of the molecule is CC(C)Cc1cnc(CCO)[nH]1. The van der Waals surface area contributed by atoms with E-state index in [1.165, 1.54) is 0 Å². The number of hydrogen-bond acceptors (Lipinski definition) is 2. The van der Waals surface area contributed by atoms with Crippen LogP contribution in [0.15, 0.2) is 6.20 Å². The molecule has 1 aromatic heterocycles. The van der Waals surface area contributed by atoms with Gasteiger partial charge in [-0.25, -0.2) is 4.98 Å². The highest BCUT2D eigenvalue weighted by Gasteiger charge is 2.01. The maximum Gasteiger partial charge on any atom is 0.108 e. The van der Waals surface area contributed by atoms with Gasteiger partial charge in [0.15, 0.2) is 0 Å². The van der Waals surface area contributed by atoms with Gasteiger partial charge in [0, 0.05) is 18.3 Å². The second-order valence-corrected chi connectivity index (χ2v) is 3.43. The summed E-state index contributed by atoms with van der Waals surface area (Å²) in [4.78, 5) is 7.32. The standard InChI is InChI=1S/C9H16N2O/c1-7(2)5-8-6-10-9(11-8)3-4-12/h6-7,12H,3-5H2,1-2H3,(H,10,11). The van der Waals surface area contributed by atoms with Crippen molar-refractivity contribution in [2.24, 2.45) is 5.92 Å². The molecule has 3 nitrogen and oxygen atoms in total. The van der Waals surface area contributed by atoms with Crippen molar-refractivity contribution >= 4 is 0 Å². The van der Waals surface area contributed by atoms with Crippen LogP contribution in [-0.2, 0) is 12.8 Å². The van der Waals surface area contributed by atoms with Gasteiger partial charge in [-0.05, 0) is 12.3 Å². The molecule has 0 spiro atoms. The molecule has 0 atom stereocenters. The fraction of sp³-hybridized carbons (Fsp3) is 0.667. The van der Waals surface area contributed by atoms with E-state index >= 15 is 0 Å². The molecule has 0 bridgehead atoms. The first-order valence-corrected chi connectivity index (χ1v) is 4.36. The Morgan fingerprint density at radius 2 is 2.33 bits per heavy atom. The van der Waals surface area contributed by atoms with Crippen LogP contribution in [0.4, 0.5) is 0 Å². The van der Waals surface area contributed by atoms with E-state index in [-0.39, 0.29) is 6.61 Å². The van der Waals surface area contributed by atoms with Gasteiger partial charge in [-0.2, -0.15) is 0 Å². The van der Waals surface area contributed by atoms with Crippen molar-refractivity contribution < 1.29 is 5.11 Å². The minimum absolute atomic E-state index is 0.161. The van der Waals surface area contributed by atoms with E-state index in [4.69, 9.17) is 5.11 Å². The third-order valence-corrected chi connectivity index (χ3v) is 1.66. The molecule has 1 rings (SSSR count). The van der Waals surface area contributed by atoms with E-state index in [0.29, 0.717) is 12.3 Å². The van der Waals surface area contributed by atoms with Gasteiger partial charge in [-0.1, -0.05) is 13.8 Å². The van der Waals surface area contributed by atoms with E-state index < -0.39 is 0 Å². The highest BCUT2D eigenvalue weighted by molar-refractivity contribution is 5.01. The number of aliphatic hydroxyl groups is 1. The molecule has 0 aliphatic heterocycles. The maximum atomic E-state index is 8.65. The number of H-pyrrole nitrogens is 1. The number of rotatable bonds is 4. The number of aromatic nitrogens is 2. The van der Waals surface area contributed by atoms with E-state index in [1.807, 2.05) is 6.20 Å². The molecule has 2 N–H and O–H groups in total. The fourth-order valence-corrected chi connectivity index (χ4v) is 1.18. The van der Waals surface area contributed by atoms with Crippen molar-refractivity contribution in [2.45, 2.75) is 26.7 Å². The summed E-state index contributed by atoms with van der Waals surface area (Å²) in [7, 11) is 0. The predicted molar refractivity (Wildman–Crippen MR) is 47.9 cm³/mol. The Morgan fingerprint density at radius 1 is 1.58 bits per heavy atom. The Balaban J connectivity index is 2.52. The average molecular weight is 168 g/mol. The Hall–Kier alpha value is -0.830. The summed E-state index contributed by atoms with van der Waals surface area (Å²) in [5.74, 6) is 1.53. The average Bonchev–Trinajstić information content (AvgIpc) is 2.36. The normalized spacial score (nSPS) is 11.0. The van der Waals surface area contributed by atoms with Gasteiger partial charge in [0.05, 0.1) is 6.61 Å². The zero-order valence-electron chi connectivity index (χ0n) is 7.67. The minimum atomic E-state index is 0.161. The summed E-state index contributed by atoms with van der Waals surface area (Å²) in [6.07, 6.45) is 3.50. The number of aromatic amines is 1. The lowest BCUT2D eigenvalue weighted by atomic mass is 10.1. The van der Waals surface area contributed by atoms with Crippen LogP contribution in [0.1, 0.15) is 25.4 Å². The summed E-state index contributed by atoms with van der Waals surface area (Å²) in [6, 6.07) is 0. The molecule has 12 heavy (non-hydrogen) atoms. The van der Waals surface area contributed by atoms with Crippen LogP contribution in [0.25, 0.3) is 0 Å². The first kappa shape index (κ1) is 9.26. The lowest BCUT2D eigenvalue weighted by Crippen LogP contribution is -1.96. The largest absolute Gasteiger partial charge is 0.396 e. The van der Waals surface area contributed by atoms with Crippen molar-refractivity contribution in [3.8, 4) is 0 Å². The van der Waals surface area contributed by atoms with Gasteiger partial charge < -0.3 is 10.1 Å². The Bertz CT molecular complexity index is 230. The van der Waals surface area contributed by atoms with Crippen molar-refractivity contribution in [3.63, 3.8) is 0 Å². The molecule has 1 aromatic rings. The molecule has 0 aliphatic rings. The van der Waals surface area contributed by atoms with Crippen LogP contribution >= 0.6 is 0 Å². The topological polar surface area (TPSA) is 48.9 Å². The van der Waals surface area contributed by atoms with Crippen molar-refractivity contribution in [1.82, 2.24) is 9.97 Å². The molecule has 68 valence electrons. The molecule has 0 saturated carbocycles. The number of nitrogens with one attached hydrogen (secondary N) is 1. The second-order valence-electron chi connectivity index (χ2n) is 3.43. The van der Waals surface area contributed by atoms with Crippen LogP contribution in [0, 0.1) is 5.92 Å². The lowest BCUT2D eigenvalue weighted by molar-refractivity contribution is 0.297. The van der Waals surface area contributed by atoms with Gasteiger partial charge in [0.25, 0.3) is 0 Å². The summed E-state index contributed by atoms with van der Waals surface area (Å²) in [5, 5.41) is 8.65. The number of imidazole rings is 1. The Morgan fingerprint density at radius 3 is 2.92 bits per heavy atom. The van der Waals surface area contributed by atoms with Gasteiger partial charge in [-0.3, -0.25) is 0 Å². The third kappa shape index (κ3) is 2.66. The number of hydrogen-bond donors (Lipinski definition) is 2. The molecule has 3 heteroatoms. The zero-order valence-corrected chi connectivity index (χ0v) is 7.67. The first-order chi connectivity index (χ1) is 5.72. The van der Waals surface area contributed by atoms with E-state index in [1.54, 1.807) is 0 Å². The molecular weight excluding hydrogens is 152 g/mol. The summed E-state index contributed by atoms with van der Waals surface area (Å²) in [6.45, 7) is 4.51. The monoisotopic (exact) mass is 168 g/mol. The molecule has 0 aliphatic carbocycles. The van der Waals surface area contributed by atoms with Crippen molar-refractivity contribution in [1.29, 1.82) is 0 Å². The molecule has 0 unspecified atom stereocenters. The zero-order chi connectivity index (χ0) is 8.97. The molecule has 0 aromatic carbocycles. The minimum Gasteiger partial charge on any atom is -0.396 e. The highest BCUT2D eigenvalue weighted by Crippen LogP contribution is 2.05. The summed E-state index contributed by atoms with van der Waals surface area (Å²) < 4.78 is 0. The number of aliphatic hydroxyl groups excluding tert-OH is 1. The second kappa shape index (κ2) is 4.26. The van der Waals surface area contributed by atoms with Crippen LogP contribution in [0.3, 0.4) is 0 Å². The summed E-state index contributed by atoms with van der Waals surface area (Å²) >= 11 is 0. The third-order valence-electron chi connectivity index (χ3n) is 1.66. The van der Waals surface area contributed by atoms with E-state index in [0.717, 1.165) is 17.9 Å². The van der Waals surface area contributed by atoms with Gasteiger partial charge in [0.2, 0.25) is 0 Å². The van der Waals surface area contributed by atoms with E-state index in [9.17, 15) is 0 Å². The summed E-state index contributed by atoms with van der Waals surface area (Å²) in [5.41, 5.74) is 1.16. The van der Waals surface area contributed by atoms with Crippen LogP contribution in [0.5, 0.6) is 0 Å². The Kier molecular flexibility index (Phi) is 3.29. The fourth-order valence-electron chi connectivity index (χ4n) is 1.18. The van der Waals surface area contributed by atoms with Gasteiger partial charge in [0.1, 0.15) is 5.82 Å². The molecular formula is C9H16N2O. The predicted octanol–water partition coefficient (Wildman–Crippen LogP) is 1.14. The molecule has 1 heterocycles. The maximum absolute atomic E-state index is 8.65. The molecule has 0 amide bonds. The quantitative estimate of drug-likeness (QED) is 0.708. The van der Waals surface area contributed by atoms with Crippen molar-refractivity contribution in [2.75, 3.05) is 6.61 Å². The lowest BCUT2D eigenvalue weighted by Gasteiger charge is -1.99. The van der Waals surface area contributed by atoms with Gasteiger partial charge >= 0.3 is 0 Å². The van der Waals surface area contributed by atoms with Crippen LogP contribution in [0.2, 0.25) is 0 Å². The van der Waals surface area contributed by atoms with E-state index in [2.05, 4.69) is 23.8 Å². The molecule has 0 fully saturated rings. The molecule has 0 radical (unpaired) electrons. The highest BCUT2D eigenvalue weighted by atomic mass is 16.3. The van der Waals surface area contributed by atoms with Crippen LogP contribution < -0.4 is 0 Å². The van der Waals surface area contributed by atoms with Crippen LogP contribution in [-0.4, -0.2) is 21.7 Å². The van der Waals surface area contributed by atoms with Crippen molar-refractivity contribution in [3.05, 3.63) is 17.7 Å². The molecule has 0 saturated heterocycles. The smallest absolute Gasteiger partial charge is 0.108 e. The van der Waals surface area contributed by atoms with Gasteiger partial charge in [-0.15, -0.1) is 0 Å². The first-order valence-electron chi connectivity index (χ1n) is 4.36.